The summed E-state index contributed by atoms with van der Waals surface area (Å²) in [7, 11) is 1.56. The number of hydrogen-bond acceptors (Lipinski definition) is 4. The molecule has 2 amide bonds. The molecule has 134 valence electrons. The molecule has 2 aromatic carbocycles. The normalized spacial score (nSPS) is 10.2. The highest BCUT2D eigenvalue weighted by molar-refractivity contribution is 7.80. The number of benzene rings is 2. The summed E-state index contributed by atoms with van der Waals surface area (Å²) in [5.41, 5.74) is 7.21. The zero-order valence-electron chi connectivity index (χ0n) is 14.4. The van der Waals surface area contributed by atoms with E-state index in [9.17, 15) is 9.59 Å². The molecule has 26 heavy (non-hydrogen) atoms. The van der Waals surface area contributed by atoms with E-state index in [1.807, 2.05) is 37.3 Å². The van der Waals surface area contributed by atoms with Gasteiger partial charge in [0.05, 0.1) is 7.11 Å². The van der Waals surface area contributed by atoms with Gasteiger partial charge in [0, 0.05) is 17.2 Å². The maximum atomic E-state index is 12.0. The Labute approximate surface area is 157 Å². The van der Waals surface area contributed by atoms with Gasteiger partial charge < -0.3 is 4.74 Å². The minimum Gasteiger partial charge on any atom is -0.496 e. The number of amides is 2. The Morgan fingerprint density at radius 2 is 1.73 bits per heavy atom. The second-order valence-corrected chi connectivity index (χ2v) is 5.75. The summed E-state index contributed by atoms with van der Waals surface area (Å²) in [6.07, 6.45) is 2.94. The van der Waals surface area contributed by atoms with Crippen molar-refractivity contribution in [2.45, 2.75) is 6.92 Å². The van der Waals surface area contributed by atoms with Gasteiger partial charge in [-0.2, -0.15) is 0 Å². The standard InChI is InChI=1S/C19H19N3O3S/c1-13-7-9-15(10-8-13)18(24)21-22-19(26)20-17(23)12-11-14-5-3-4-6-16(14)25-2/h3-12H,1-2H3,(H,21,24)(H2,20,22,23,26)/b12-11+. The lowest BCUT2D eigenvalue weighted by Crippen LogP contribution is -2.48. The molecule has 0 aromatic heterocycles. The fourth-order valence-electron chi connectivity index (χ4n) is 2.05. The second kappa shape index (κ2) is 9.33. The zero-order chi connectivity index (χ0) is 18.9. The van der Waals surface area contributed by atoms with Crippen molar-refractivity contribution in [1.82, 2.24) is 16.2 Å². The van der Waals surface area contributed by atoms with Crippen LogP contribution >= 0.6 is 12.2 Å². The summed E-state index contributed by atoms with van der Waals surface area (Å²) in [5.74, 6) is -0.133. The number of carbonyl (C=O) groups excluding carboxylic acids is 2. The molecule has 3 N–H and O–H groups in total. The third-order valence-electron chi connectivity index (χ3n) is 3.39. The summed E-state index contributed by atoms with van der Waals surface area (Å²) in [6, 6.07) is 14.4. The van der Waals surface area contributed by atoms with E-state index in [2.05, 4.69) is 16.2 Å². The number of aryl methyl sites for hydroxylation is 1. The molecule has 6 nitrogen and oxygen atoms in total. The van der Waals surface area contributed by atoms with E-state index in [1.54, 1.807) is 31.4 Å². The number of thiocarbonyl (C=S) groups is 1. The van der Waals surface area contributed by atoms with Gasteiger partial charge in [0.25, 0.3) is 5.91 Å². The van der Waals surface area contributed by atoms with Crippen LogP contribution in [0.1, 0.15) is 21.5 Å². The Morgan fingerprint density at radius 1 is 1.04 bits per heavy atom. The van der Waals surface area contributed by atoms with E-state index < -0.39 is 5.91 Å². The lowest BCUT2D eigenvalue weighted by molar-refractivity contribution is -0.115. The van der Waals surface area contributed by atoms with Crippen molar-refractivity contribution in [2.75, 3.05) is 7.11 Å². The van der Waals surface area contributed by atoms with Gasteiger partial charge in [0.15, 0.2) is 5.11 Å². The SMILES string of the molecule is COc1ccccc1/C=C/C(=O)NC(=S)NNC(=O)c1ccc(C)cc1. The number of rotatable bonds is 4. The molecular weight excluding hydrogens is 350 g/mol. The Hall–Kier alpha value is -3.19. The van der Waals surface area contributed by atoms with Crippen LogP contribution in [0.25, 0.3) is 6.08 Å². The van der Waals surface area contributed by atoms with Crippen molar-refractivity contribution in [3.05, 3.63) is 71.3 Å². The molecule has 0 aliphatic carbocycles. The molecule has 0 saturated heterocycles. The van der Waals surface area contributed by atoms with Crippen LogP contribution in [0.5, 0.6) is 5.75 Å². The van der Waals surface area contributed by atoms with E-state index in [4.69, 9.17) is 17.0 Å². The molecule has 0 fully saturated rings. The summed E-state index contributed by atoms with van der Waals surface area (Å²) in [5, 5.41) is 2.43. The summed E-state index contributed by atoms with van der Waals surface area (Å²) in [6.45, 7) is 1.93. The lowest BCUT2D eigenvalue weighted by atomic mass is 10.1. The quantitative estimate of drug-likeness (QED) is 0.438. The molecule has 7 heteroatoms. The first-order valence-corrected chi connectivity index (χ1v) is 8.19. The van der Waals surface area contributed by atoms with Crippen molar-refractivity contribution < 1.29 is 14.3 Å². The number of para-hydroxylation sites is 1. The molecule has 0 bridgehead atoms. The zero-order valence-corrected chi connectivity index (χ0v) is 15.2. The smallest absolute Gasteiger partial charge is 0.269 e. The van der Waals surface area contributed by atoms with Crippen molar-refractivity contribution >= 4 is 35.2 Å². The van der Waals surface area contributed by atoms with Crippen LogP contribution in [0.4, 0.5) is 0 Å². The summed E-state index contributed by atoms with van der Waals surface area (Å²) >= 11 is 4.98. The Kier molecular flexibility index (Phi) is 6.87. The van der Waals surface area contributed by atoms with Crippen molar-refractivity contribution in [3.63, 3.8) is 0 Å². The first-order chi connectivity index (χ1) is 12.5. The van der Waals surface area contributed by atoms with Crippen molar-refractivity contribution in [1.29, 1.82) is 0 Å². The first kappa shape index (κ1) is 19.1. The van der Waals surface area contributed by atoms with Crippen LogP contribution in [0.2, 0.25) is 0 Å². The molecule has 2 aromatic rings. The van der Waals surface area contributed by atoms with Crippen LogP contribution in [0.15, 0.2) is 54.6 Å². The minimum atomic E-state index is -0.432. The van der Waals surface area contributed by atoms with E-state index in [-0.39, 0.29) is 11.0 Å². The fraction of sp³-hybridized carbons (Fsp3) is 0.105. The van der Waals surface area contributed by atoms with Gasteiger partial charge in [-0.3, -0.25) is 25.8 Å². The lowest BCUT2D eigenvalue weighted by Gasteiger charge is -2.10. The predicted octanol–water partition coefficient (Wildman–Crippen LogP) is 2.35. The van der Waals surface area contributed by atoms with Crippen LogP contribution < -0.4 is 20.9 Å². The van der Waals surface area contributed by atoms with Crippen molar-refractivity contribution in [2.24, 2.45) is 0 Å². The maximum absolute atomic E-state index is 12.0. The average Bonchev–Trinajstić information content (AvgIpc) is 2.65. The molecule has 0 radical (unpaired) electrons. The molecule has 0 aliphatic rings. The topological polar surface area (TPSA) is 79.5 Å². The monoisotopic (exact) mass is 369 g/mol. The molecule has 0 spiro atoms. The summed E-state index contributed by atoms with van der Waals surface area (Å²) in [4.78, 5) is 23.9. The number of carbonyl (C=O) groups is 2. The number of nitrogens with one attached hydrogen (secondary N) is 3. The molecule has 0 aliphatic heterocycles. The fourth-order valence-corrected chi connectivity index (χ4v) is 2.20. The Balaban J connectivity index is 1.83. The highest BCUT2D eigenvalue weighted by atomic mass is 32.1. The highest BCUT2D eigenvalue weighted by Gasteiger charge is 2.06. The van der Waals surface area contributed by atoms with Crippen LogP contribution in [-0.4, -0.2) is 24.0 Å². The molecule has 0 heterocycles. The largest absolute Gasteiger partial charge is 0.496 e. The number of methoxy groups -OCH3 is 1. The van der Waals surface area contributed by atoms with E-state index in [0.29, 0.717) is 11.3 Å². The highest BCUT2D eigenvalue weighted by Crippen LogP contribution is 2.18. The van der Waals surface area contributed by atoms with Crippen LogP contribution in [0, 0.1) is 6.92 Å². The van der Waals surface area contributed by atoms with E-state index in [0.717, 1.165) is 11.1 Å². The van der Waals surface area contributed by atoms with Gasteiger partial charge in [0.2, 0.25) is 5.91 Å². The van der Waals surface area contributed by atoms with Crippen LogP contribution in [0.3, 0.4) is 0 Å². The van der Waals surface area contributed by atoms with Gasteiger partial charge in [-0.1, -0.05) is 35.9 Å². The van der Waals surface area contributed by atoms with Gasteiger partial charge in [-0.05, 0) is 43.4 Å². The molecule has 0 unspecified atom stereocenters. The van der Waals surface area contributed by atoms with Gasteiger partial charge >= 0.3 is 0 Å². The maximum Gasteiger partial charge on any atom is 0.269 e. The third-order valence-corrected chi connectivity index (χ3v) is 3.60. The van der Waals surface area contributed by atoms with Crippen molar-refractivity contribution in [3.8, 4) is 5.75 Å². The van der Waals surface area contributed by atoms with E-state index >= 15 is 0 Å². The Morgan fingerprint density at radius 3 is 2.42 bits per heavy atom. The third kappa shape index (κ3) is 5.71. The number of hydrogen-bond donors (Lipinski definition) is 3. The van der Waals surface area contributed by atoms with Gasteiger partial charge in [0.1, 0.15) is 5.75 Å². The van der Waals surface area contributed by atoms with Gasteiger partial charge in [-0.25, -0.2) is 0 Å². The van der Waals surface area contributed by atoms with E-state index in [1.165, 1.54) is 6.08 Å². The minimum absolute atomic E-state index is 0.0138. The Bertz CT molecular complexity index is 832. The number of ether oxygens (including phenoxy) is 1. The van der Waals surface area contributed by atoms with Gasteiger partial charge in [-0.15, -0.1) is 0 Å². The average molecular weight is 369 g/mol. The molecular formula is C19H19N3O3S. The summed E-state index contributed by atoms with van der Waals surface area (Å²) < 4.78 is 5.20. The second-order valence-electron chi connectivity index (χ2n) is 5.34. The molecule has 0 saturated carbocycles. The van der Waals surface area contributed by atoms with Crippen LogP contribution in [-0.2, 0) is 4.79 Å². The first-order valence-electron chi connectivity index (χ1n) is 7.78. The molecule has 2 rings (SSSR count). The number of hydrazine groups is 1. The predicted molar refractivity (Wildman–Crippen MR) is 105 cm³/mol. The molecule has 0 atom stereocenters.